The van der Waals surface area contributed by atoms with Crippen molar-refractivity contribution in [3.63, 3.8) is 0 Å². The zero-order valence-corrected chi connectivity index (χ0v) is 11.9. The van der Waals surface area contributed by atoms with Gasteiger partial charge in [-0.15, -0.1) is 11.3 Å². The van der Waals surface area contributed by atoms with Crippen molar-refractivity contribution in [2.24, 2.45) is 0 Å². The van der Waals surface area contributed by atoms with Crippen LogP contribution in [-0.4, -0.2) is 20.1 Å². The smallest absolute Gasteiger partial charge is 0.306 e. The summed E-state index contributed by atoms with van der Waals surface area (Å²) in [5, 5.41) is 1.74. The molecule has 0 saturated heterocycles. The van der Waals surface area contributed by atoms with Gasteiger partial charge in [-0.25, -0.2) is 8.42 Å². The number of unbranched alkanes of at least 4 members (excludes halogenated alkanes) is 1. The van der Waals surface area contributed by atoms with Crippen molar-refractivity contribution in [3.8, 4) is 0 Å². The Labute approximate surface area is 111 Å². The van der Waals surface area contributed by atoms with E-state index in [9.17, 15) is 13.2 Å². The molecule has 0 bridgehead atoms. The molecule has 0 unspecified atom stereocenters. The van der Waals surface area contributed by atoms with Crippen molar-refractivity contribution in [3.05, 3.63) is 17.0 Å². The van der Waals surface area contributed by atoms with Gasteiger partial charge in [-0.2, -0.15) is 0 Å². The highest BCUT2D eigenvalue weighted by Crippen LogP contribution is 2.38. The van der Waals surface area contributed by atoms with Crippen LogP contribution in [0.25, 0.3) is 0 Å². The molecule has 2 rings (SSSR count). The maximum absolute atomic E-state index is 11.8. The zero-order chi connectivity index (χ0) is 13.2. The summed E-state index contributed by atoms with van der Waals surface area (Å²) in [6.45, 7) is 2.01. The summed E-state index contributed by atoms with van der Waals surface area (Å²) in [4.78, 5) is 11.6. The molecule has 0 fully saturated rings. The van der Waals surface area contributed by atoms with Crippen LogP contribution in [0.4, 0.5) is 0 Å². The van der Waals surface area contributed by atoms with Crippen molar-refractivity contribution >= 4 is 27.1 Å². The standard InChI is InChI=1S/C12H16O4S2/c1-2-3-4-11(13)16-10-6-8-18(14,15)12-9(10)5-7-17-12/h5,7,10H,2-4,6,8H2,1H3/t10-/m0/s1. The van der Waals surface area contributed by atoms with Gasteiger partial charge in [-0.1, -0.05) is 13.3 Å². The zero-order valence-electron chi connectivity index (χ0n) is 10.2. The molecule has 1 aliphatic rings. The summed E-state index contributed by atoms with van der Waals surface area (Å²) >= 11 is 1.20. The van der Waals surface area contributed by atoms with Gasteiger partial charge in [0.05, 0.1) is 5.75 Å². The number of hydrogen-bond acceptors (Lipinski definition) is 5. The summed E-state index contributed by atoms with van der Waals surface area (Å²) in [7, 11) is -3.16. The molecule has 100 valence electrons. The molecule has 0 radical (unpaired) electrons. The van der Waals surface area contributed by atoms with E-state index in [0.717, 1.165) is 12.8 Å². The van der Waals surface area contributed by atoms with E-state index in [-0.39, 0.29) is 17.8 Å². The van der Waals surface area contributed by atoms with Gasteiger partial charge in [0.1, 0.15) is 10.3 Å². The lowest BCUT2D eigenvalue weighted by Crippen LogP contribution is -2.22. The Morgan fingerprint density at radius 3 is 3.06 bits per heavy atom. The molecule has 0 spiro atoms. The highest BCUT2D eigenvalue weighted by Gasteiger charge is 2.33. The fourth-order valence-corrected chi connectivity index (χ4v) is 4.91. The summed E-state index contributed by atoms with van der Waals surface area (Å²) in [6, 6.07) is 1.74. The van der Waals surface area contributed by atoms with E-state index in [1.807, 2.05) is 6.92 Å². The molecule has 2 heterocycles. The van der Waals surface area contributed by atoms with Gasteiger partial charge in [-0.05, 0) is 17.9 Å². The topological polar surface area (TPSA) is 60.4 Å². The maximum Gasteiger partial charge on any atom is 0.306 e. The first kappa shape index (κ1) is 13.5. The van der Waals surface area contributed by atoms with E-state index < -0.39 is 9.84 Å². The summed E-state index contributed by atoms with van der Waals surface area (Å²) in [5.41, 5.74) is 0.649. The number of rotatable bonds is 4. The minimum Gasteiger partial charge on any atom is -0.457 e. The molecular formula is C12H16O4S2. The Morgan fingerprint density at radius 2 is 2.33 bits per heavy atom. The minimum atomic E-state index is -3.16. The van der Waals surface area contributed by atoms with Gasteiger partial charge in [0.15, 0.2) is 9.84 Å². The number of hydrogen-bond donors (Lipinski definition) is 0. The van der Waals surface area contributed by atoms with Gasteiger partial charge in [0, 0.05) is 18.4 Å². The largest absolute Gasteiger partial charge is 0.457 e. The molecule has 1 aromatic rings. The van der Waals surface area contributed by atoms with Gasteiger partial charge < -0.3 is 4.74 Å². The Hall–Kier alpha value is -0.880. The SMILES string of the molecule is CCCCC(=O)O[C@H]1CCS(=O)(=O)c2sccc21. The number of esters is 1. The molecule has 1 aromatic heterocycles. The molecule has 18 heavy (non-hydrogen) atoms. The summed E-state index contributed by atoms with van der Waals surface area (Å²) in [5.74, 6) is -0.176. The van der Waals surface area contributed by atoms with E-state index in [1.54, 1.807) is 11.4 Å². The second-order valence-corrected chi connectivity index (χ2v) is 7.57. The van der Waals surface area contributed by atoms with Gasteiger partial charge in [0.2, 0.25) is 0 Å². The lowest BCUT2D eigenvalue weighted by molar-refractivity contribution is -0.150. The van der Waals surface area contributed by atoms with E-state index in [1.165, 1.54) is 11.3 Å². The third-order valence-electron chi connectivity index (χ3n) is 2.94. The number of carbonyl (C=O) groups is 1. The van der Waals surface area contributed by atoms with Crippen molar-refractivity contribution in [2.45, 2.75) is 42.9 Å². The number of fused-ring (bicyclic) bond motifs is 1. The van der Waals surface area contributed by atoms with Crippen molar-refractivity contribution in [1.82, 2.24) is 0 Å². The quantitative estimate of drug-likeness (QED) is 0.799. The predicted molar refractivity (Wildman–Crippen MR) is 69.3 cm³/mol. The lowest BCUT2D eigenvalue weighted by atomic mass is 10.1. The first-order valence-corrected chi connectivity index (χ1v) is 8.57. The van der Waals surface area contributed by atoms with Crippen LogP contribution in [0.15, 0.2) is 15.7 Å². The van der Waals surface area contributed by atoms with E-state index in [4.69, 9.17) is 4.74 Å². The Morgan fingerprint density at radius 1 is 1.56 bits per heavy atom. The Balaban J connectivity index is 2.11. The number of sulfone groups is 1. The molecular weight excluding hydrogens is 272 g/mol. The number of carbonyl (C=O) groups excluding carboxylic acids is 1. The van der Waals surface area contributed by atoms with Gasteiger partial charge >= 0.3 is 5.97 Å². The molecule has 4 nitrogen and oxygen atoms in total. The van der Waals surface area contributed by atoms with Crippen LogP contribution in [-0.2, 0) is 19.4 Å². The van der Waals surface area contributed by atoms with Gasteiger partial charge in [-0.3, -0.25) is 4.79 Å². The summed E-state index contributed by atoms with van der Waals surface area (Å²) < 4.78 is 29.4. The van der Waals surface area contributed by atoms with Crippen LogP contribution in [0, 0.1) is 0 Å². The molecule has 0 saturated carbocycles. The molecule has 1 atom stereocenters. The molecule has 6 heteroatoms. The summed E-state index contributed by atoms with van der Waals surface area (Å²) in [6.07, 6.45) is 2.13. The molecule has 0 N–H and O–H groups in total. The maximum atomic E-state index is 11.8. The molecule has 0 aliphatic carbocycles. The highest BCUT2D eigenvalue weighted by atomic mass is 32.2. The average molecular weight is 288 g/mol. The minimum absolute atomic E-state index is 0.0617. The fourth-order valence-electron chi connectivity index (χ4n) is 1.97. The van der Waals surface area contributed by atoms with E-state index >= 15 is 0 Å². The molecule has 0 aromatic carbocycles. The normalized spacial score (nSPS) is 21.3. The Bertz CT molecular complexity index is 530. The van der Waals surface area contributed by atoms with Gasteiger partial charge in [0.25, 0.3) is 0 Å². The predicted octanol–water partition coefficient (Wildman–Crippen LogP) is 2.70. The van der Waals surface area contributed by atoms with Crippen LogP contribution in [0.2, 0.25) is 0 Å². The first-order valence-electron chi connectivity index (χ1n) is 6.04. The van der Waals surface area contributed by atoms with Crippen LogP contribution in [0.3, 0.4) is 0 Å². The highest BCUT2D eigenvalue weighted by molar-refractivity contribution is 7.93. The van der Waals surface area contributed by atoms with E-state index in [2.05, 4.69) is 0 Å². The van der Waals surface area contributed by atoms with Crippen molar-refractivity contribution in [2.75, 3.05) is 5.75 Å². The van der Waals surface area contributed by atoms with E-state index in [0.29, 0.717) is 22.6 Å². The monoisotopic (exact) mass is 288 g/mol. The van der Waals surface area contributed by atoms with Crippen LogP contribution in [0.1, 0.15) is 44.3 Å². The molecule has 1 aliphatic heterocycles. The third kappa shape index (κ3) is 2.75. The van der Waals surface area contributed by atoms with Crippen LogP contribution in [0.5, 0.6) is 0 Å². The number of ether oxygens (including phenoxy) is 1. The van der Waals surface area contributed by atoms with Crippen molar-refractivity contribution in [1.29, 1.82) is 0 Å². The van der Waals surface area contributed by atoms with Crippen LogP contribution >= 0.6 is 11.3 Å². The van der Waals surface area contributed by atoms with Crippen LogP contribution < -0.4 is 0 Å². The average Bonchev–Trinajstić information content (AvgIpc) is 2.81. The lowest BCUT2D eigenvalue weighted by Gasteiger charge is -2.22. The molecule has 0 amide bonds. The Kier molecular flexibility index (Phi) is 4.07. The number of thiophene rings is 1. The first-order chi connectivity index (χ1) is 8.54. The fraction of sp³-hybridized carbons (Fsp3) is 0.583. The second-order valence-electron chi connectivity index (χ2n) is 4.35. The third-order valence-corrected chi connectivity index (χ3v) is 6.29. The second kappa shape index (κ2) is 5.40. The van der Waals surface area contributed by atoms with Crippen molar-refractivity contribution < 1.29 is 17.9 Å².